The lowest BCUT2D eigenvalue weighted by atomic mass is 10.0. The summed E-state index contributed by atoms with van der Waals surface area (Å²) in [5, 5.41) is 14.6. The average Bonchev–Trinajstić information content (AvgIpc) is 2.50. The first-order valence-electron chi connectivity index (χ1n) is 8.11. The van der Waals surface area contributed by atoms with Gasteiger partial charge >= 0.3 is 0 Å². The van der Waals surface area contributed by atoms with Gasteiger partial charge in [-0.25, -0.2) is 0 Å². The van der Waals surface area contributed by atoms with Crippen LogP contribution >= 0.6 is 0 Å². The molecule has 1 aromatic carbocycles. The van der Waals surface area contributed by atoms with Crippen LogP contribution in [-0.4, -0.2) is 36.1 Å². The maximum absolute atomic E-state index is 12.3. The van der Waals surface area contributed by atoms with Gasteiger partial charge in [-0.3, -0.25) is 9.59 Å². The third-order valence-electron chi connectivity index (χ3n) is 3.80. The lowest BCUT2D eigenvalue weighted by Gasteiger charge is -2.22. The zero-order valence-corrected chi connectivity index (χ0v) is 14.4. The van der Waals surface area contributed by atoms with E-state index in [1.165, 1.54) is 0 Å². The molecule has 0 spiro atoms. The number of aliphatic hydroxyl groups is 1. The highest BCUT2D eigenvalue weighted by Crippen LogP contribution is 2.07. The molecule has 2 unspecified atom stereocenters. The van der Waals surface area contributed by atoms with Crippen LogP contribution in [0.2, 0.25) is 0 Å². The first-order chi connectivity index (χ1) is 10.8. The second-order valence-electron chi connectivity index (χ2n) is 6.42. The minimum absolute atomic E-state index is 0.0162. The molecule has 2 amide bonds. The van der Waals surface area contributed by atoms with Crippen molar-refractivity contribution < 1.29 is 14.7 Å². The van der Waals surface area contributed by atoms with E-state index in [0.29, 0.717) is 18.5 Å². The minimum atomic E-state index is -0.579. The van der Waals surface area contributed by atoms with Gasteiger partial charge in [-0.2, -0.15) is 0 Å². The van der Waals surface area contributed by atoms with Gasteiger partial charge in [0.15, 0.2) is 0 Å². The van der Waals surface area contributed by atoms with Crippen molar-refractivity contribution in [3.63, 3.8) is 0 Å². The van der Waals surface area contributed by atoms with Gasteiger partial charge in [0.1, 0.15) is 6.04 Å². The molecule has 0 radical (unpaired) electrons. The fourth-order valence-corrected chi connectivity index (χ4v) is 2.17. The van der Waals surface area contributed by atoms with Crippen molar-refractivity contribution >= 4 is 11.8 Å². The fourth-order valence-electron chi connectivity index (χ4n) is 2.17. The van der Waals surface area contributed by atoms with Crippen LogP contribution in [0.4, 0.5) is 0 Å². The summed E-state index contributed by atoms with van der Waals surface area (Å²) in [6.07, 6.45) is 0.641. The molecule has 0 aromatic heterocycles. The highest BCUT2D eigenvalue weighted by molar-refractivity contribution is 5.97. The maximum Gasteiger partial charge on any atom is 0.251 e. The number of benzene rings is 1. The van der Waals surface area contributed by atoms with Crippen LogP contribution in [0.15, 0.2) is 24.3 Å². The summed E-state index contributed by atoms with van der Waals surface area (Å²) >= 11 is 0. The number of aryl methyl sites for hydroxylation is 1. The lowest BCUT2D eigenvalue weighted by Crippen LogP contribution is -2.50. The Hall–Kier alpha value is -1.88. The Morgan fingerprint density at radius 3 is 2.26 bits per heavy atom. The molecule has 1 aromatic rings. The average molecular weight is 320 g/mol. The van der Waals surface area contributed by atoms with Gasteiger partial charge in [0.25, 0.3) is 5.91 Å². The second-order valence-corrected chi connectivity index (χ2v) is 6.42. The standard InChI is InChI=1S/C18H28N2O3/c1-12(2)16(18(23)19-11-14(4)9-10-21)20-17(22)15-7-5-13(3)6-8-15/h5-8,12,14,16,21H,9-11H2,1-4H3,(H,19,23)(H,20,22). The minimum Gasteiger partial charge on any atom is -0.396 e. The van der Waals surface area contributed by atoms with Gasteiger partial charge in [-0.05, 0) is 37.3 Å². The van der Waals surface area contributed by atoms with Crippen LogP contribution < -0.4 is 10.6 Å². The van der Waals surface area contributed by atoms with Gasteiger partial charge in [-0.1, -0.05) is 38.5 Å². The molecule has 2 atom stereocenters. The molecule has 0 fully saturated rings. The van der Waals surface area contributed by atoms with E-state index >= 15 is 0 Å². The van der Waals surface area contributed by atoms with Crippen molar-refractivity contribution in [2.45, 2.75) is 40.2 Å². The fraction of sp³-hybridized carbons (Fsp3) is 0.556. The van der Waals surface area contributed by atoms with Gasteiger partial charge in [0, 0.05) is 18.7 Å². The molecule has 0 heterocycles. The third-order valence-corrected chi connectivity index (χ3v) is 3.80. The summed E-state index contributed by atoms with van der Waals surface area (Å²) < 4.78 is 0. The van der Waals surface area contributed by atoms with Crippen molar-refractivity contribution in [1.82, 2.24) is 10.6 Å². The zero-order valence-electron chi connectivity index (χ0n) is 14.4. The van der Waals surface area contributed by atoms with Crippen molar-refractivity contribution in [1.29, 1.82) is 0 Å². The zero-order chi connectivity index (χ0) is 17.4. The Kier molecular flexibility index (Phi) is 7.75. The SMILES string of the molecule is Cc1ccc(C(=O)NC(C(=O)NCC(C)CCO)C(C)C)cc1. The third kappa shape index (κ3) is 6.40. The number of carbonyl (C=O) groups excluding carboxylic acids is 2. The van der Waals surface area contributed by atoms with E-state index < -0.39 is 6.04 Å². The van der Waals surface area contributed by atoms with Crippen LogP contribution in [0.3, 0.4) is 0 Å². The smallest absolute Gasteiger partial charge is 0.251 e. The normalized spacial score (nSPS) is 13.5. The highest BCUT2D eigenvalue weighted by atomic mass is 16.3. The number of amides is 2. The van der Waals surface area contributed by atoms with E-state index in [9.17, 15) is 9.59 Å². The predicted octanol–water partition coefficient (Wildman–Crippen LogP) is 1.88. The monoisotopic (exact) mass is 320 g/mol. The Balaban J connectivity index is 2.65. The van der Waals surface area contributed by atoms with Crippen LogP contribution in [-0.2, 0) is 4.79 Å². The Morgan fingerprint density at radius 2 is 1.74 bits per heavy atom. The van der Waals surface area contributed by atoms with E-state index in [0.717, 1.165) is 5.56 Å². The summed E-state index contributed by atoms with van der Waals surface area (Å²) in [6, 6.07) is 6.67. The van der Waals surface area contributed by atoms with Crippen molar-refractivity contribution in [2.75, 3.05) is 13.2 Å². The largest absolute Gasteiger partial charge is 0.396 e. The second kappa shape index (κ2) is 9.30. The van der Waals surface area contributed by atoms with Crippen LogP contribution in [0.25, 0.3) is 0 Å². The van der Waals surface area contributed by atoms with Crippen molar-refractivity contribution in [2.24, 2.45) is 11.8 Å². The first kappa shape index (κ1) is 19.2. The summed E-state index contributed by atoms with van der Waals surface area (Å²) in [6.45, 7) is 8.32. The van der Waals surface area contributed by atoms with Gasteiger partial charge in [0.2, 0.25) is 5.91 Å². The van der Waals surface area contributed by atoms with Gasteiger partial charge < -0.3 is 15.7 Å². The molecule has 3 N–H and O–H groups in total. The predicted molar refractivity (Wildman–Crippen MR) is 91.1 cm³/mol. The highest BCUT2D eigenvalue weighted by Gasteiger charge is 2.24. The molecule has 128 valence electrons. The quantitative estimate of drug-likeness (QED) is 0.684. The Morgan fingerprint density at radius 1 is 1.13 bits per heavy atom. The van der Waals surface area contributed by atoms with E-state index in [4.69, 9.17) is 5.11 Å². The number of nitrogens with one attached hydrogen (secondary N) is 2. The molecular weight excluding hydrogens is 292 g/mol. The summed E-state index contributed by atoms with van der Waals surface area (Å²) in [7, 11) is 0. The summed E-state index contributed by atoms with van der Waals surface area (Å²) in [5.74, 6) is -0.255. The number of hydrogen-bond donors (Lipinski definition) is 3. The molecule has 0 bridgehead atoms. The Bertz CT molecular complexity index is 512. The number of hydrogen-bond acceptors (Lipinski definition) is 3. The van der Waals surface area contributed by atoms with E-state index in [-0.39, 0.29) is 30.3 Å². The Labute approximate surface area is 138 Å². The maximum atomic E-state index is 12.3. The van der Waals surface area contributed by atoms with Crippen LogP contribution in [0, 0.1) is 18.8 Å². The van der Waals surface area contributed by atoms with E-state index in [1.807, 2.05) is 39.8 Å². The lowest BCUT2D eigenvalue weighted by molar-refractivity contribution is -0.124. The van der Waals surface area contributed by atoms with Gasteiger partial charge in [-0.15, -0.1) is 0 Å². The molecule has 0 saturated heterocycles. The molecule has 0 aliphatic rings. The molecule has 23 heavy (non-hydrogen) atoms. The molecule has 0 aliphatic carbocycles. The van der Waals surface area contributed by atoms with E-state index in [1.54, 1.807) is 12.1 Å². The molecule has 5 heteroatoms. The van der Waals surface area contributed by atoms with Gasteiger partial charge in [0.05, 0.1) is 0 Å². The summed E-state index contributed by atoms with van der Waals surface area (Å²) in [5.41, 5.74) is 1.63. The topological polar surface area (TPSA) is 78.4 Å². The van der Waals surface area contributed by atoms with Crippen LogP contribution in [0.5, 0.6) is 0 Å². The van der Waals surface area contributed by atoms with Crippen molar-refractivity contribution in [3.8, 4) is 0 Å². The molecule has 0 saturated carbocycles. The first-order valence-corrected chi connectivity index (χ1v) is 8.11. The number of rotatable bonds is 8. The molecule has 1 rings (SSSR count). The van der Waals surface area contributed by atoms with Crippen molar-refractivity contribution in [3.05, 3.63) is 35.4 Å². The number of carbonyl (C=O) groups is 2. The van der Waals surface area contributed by atoms with Crippen LogP contribution in [0.1, 0.15) is 43.1 Å². The molecule has 0 aliphatic heterocycles. The molecule has 5 nitrogen and oxygen atoms in total. The summed E-state index contributed by atoms with van der Waals surface area (Å²) in [4.78, 5) is 24.6. The molecular formula is C18H28N2O3. The number of aliphatic hydroxyl groups excluding tert-OH is 1. The van der Waals surface area contributed by atoms with E-state index in [2.05, 4.69) is 10.6 Å².